The molecule has 5 nitrogen and oxygen atoms in total. The van der Waals surface area contributed by atoms with Crippen molar-refractivity contribution in [2.45, 2.75) is 116 Å². The van der Waals surface area contributed by atoms with Gasteiger partial charge in [0.25, 0.3) is 0 Å². The summed E-state index contributed by atoms with van der Waals surface area (Å²) < 4.78 is 5.28. The van der Waals surface area contributed by atoms with E-state index in [1.807, 2.05) is 20.8 Å². The summed E-state index contributed by atoms with van der Waals surface area (Å²) in [4.78, 5) is 23.2. The first-order chi connectivity index (χ1) is 17.3. The molecule has 0 aromatic heterocycles. The minimum atomic E-state index is -0.829. The van der Waals surface area contributed by atoms with E-state index < -0.39 is 17.6 Å². The van der Waals surface area contributed by atoms with Gasteiger partial charge in [-0.1, -0.05) is 74.1 Å². The molecule has 1 unspecified atom stereocenters. The summed E-state index contributed by atoms with van der Waals surface area (Å²) >= 11 is 0. The van der Waals surface area contributed by atoms with E-state index in [1.54, 1.807) is 0 Å². The molecular formula is C31H51NO4. The van der Waals surface area contributed by atoms with Crippen LogP contribution in [0, 0.1) is 0 Å². The predicted octanol–water partition coefficient (Wildman–Crippen LogP) is 7.85. The first-order valence-electron chi connectivity index (χ1n) is 13.7. The number of carbonyl (C=O) groups excluding carboxylic acids is 1. The highest BCUT2D eigenvalue weighted by Crippen LogP contribution is 2.11. The van der Waals surface area contributed by atoms with Crippen LogP contribution in [0.25, 0.3) is 0 Å². The quantitative estimate of drug-likeness (QED) is 0.0951. The summed E-state index contributed by atoms with van der Waals surface area (Å²) in [6.07, 6.45) is 32.1. The zero-order valence-electron chi connectivity index (χ0n) is 23.2. The van der Waals surface area contributed by atoms with E-state index in [9.17, 15) is 14.7 Å². The molecule has 1 atom stereocenters. The third-order valence-electron chi connectivity index (χ3n) is 5.19. The molecule has 0 aliphatic carbocycles. The van der Waals surface area contributed by atoms with Crippen LogP contribution in [0.1, 0.15) is 105 Å². The lowest BCUT2D eigenvalue weighted by Gasteiger charge is -2.19. The van der Waals surface area contributed by atoms with Gasteiger partial charge in [0.05, 0.1) is 0 Å². The average Bonchev–Trinajstić information content (AvgIpc) is 2.80. The Morgan fingerprint density at radius 3 is 1.81 bits per heavy atom. The number of hydrogen-bond donors (Lipinski definition) is 2. The lowest BCUT2D eigenvalue weighted by atomic mass is 10.1. The third-order valence-corrected chi connectivity index (χ3v) is 5.19. The number of rotatable bonds is 21. The number of carboxylic acid groups (broad SMARTS) is 1. The molecule has 0 radical (unpaired) electrons. The molecule has 0 bridgehead atoms. The van der Waals surface area contributed by atoms with E-state index in [2.05, 4.69) is 73.0 Å². The Hall–Kier alpha value is -2.40. The van der Waals surface area contributed by atoms with Crippen LogP contribution < -0.4 is 5.32 Å². The Balaban J connectivity index is 3.76. The van der Waals surface area contributed by atoms with Gasteiger partial charge in [0.1, 0.15) is 11.6 Å². The average molecular weight is 502 g/mol. The van der Waals surface area contributed by atoms with Crippen molar-refractivity contribution in [2.75, 3.05) is 6.54 Å². The number of nitrogens with one attached hydrogen (secondary N) is 1. The van der Waals surface area contributed by atoms with E-state index >= 15 is 0 Å². The van der Waals surface area contributed by atoms with Gasteiger partial charge >= 0.3 is 11.9 Å². The highest BCUT2D eigenvalue weighted by molar-refractivity contribution is 5.73. The topological polar surface area (TPSA) is 75.6 Å². The zero-order valence-corrected chi connectivity index (χ0v) is 23.2. The van der Waals surface area contributed by atoms with Crippen molar-refractivity contribution in [3.8, 4) is 0 Å². The number of esters is 1. The van der Waals surface area contributed by atoms with Crippen LogP contribution in [0.3, 0.4) is 0 Å². The molecule has 0 aromatic rings. The van der Waals surface area contributed by atoms with Crippen molar-refractivity contribution < 1.29 is 19.4 Å². The number of hydrogen-bond acceptors (Lipinski definition) is 4. The molecule has 0 saturated carbocycles. The van der Waals surface area contributed by atoms with Crippen molar-refractivity contribution in [1.29, 1.82) is 0 Å². The van der Waals surface area contributed by atoms with Crippen LogP contribution in [0.15, 0.2) is 60.8 Å². The Labute approximate surface area is 220 Å². The fourth-order valence-corrected chi connectivity index (χ4v) is 3.36. The van der Waals surface area contributed by atoms with Crippen LogP contribution in [0.2, 0.25) is 0 Å². The molecule has 0 fully saturated rings. The molecule has 0 aromatic carbocycles. The van der Waals surface area contributed by atoms with Gasteiger partial charge in [-0.3, -0.25) is 9.59 Å². The molecule has 0 spiro atoms. The van der Waals surface area contributed by atoms with Gasteiger partial charge in [-0.05, 0) is 91.5 Å². The fourth-order valence-electron chi connectivity index (χ4n) is 3.36. The second-order valence-electron chi connectivity index (χ2n) is 9.88. The molecule has 0 amide bonds. The van der Waals surface area contributed by atoms with Gasteiger partial charge in [0.15, 0.2) is 0 Å². The van der Waals surface area contributed by atoms with Gasteiger partial charge in [0.2, 0.25) is 0 Å². The van der Waals surface area contributed by atoms with Crippen molar-refractivity contribution in [2.24, 2.45) is 0 Å². The van der Waals surface area contributed by atoms with E-state index in [1.165, 1.54) is 0 Å². The van der Waals surface area contributed by atoms with E-state index in [4.69, 9.17) is 4.74 Å². The Morgan fingerprint density at radius 1 is 0.778 bits per heavy atom. The van der Waals surface area contributed by atoms with Crippen LogP contribution in [-0.4, -0.2) is 35.2 Å². The molecule has 2 N–H and O–H groups in total. The lowest BCUT2D eigenvalue weighted by Crippen LogP contribution is -2.37. The summed E-state index contributed by atoms with van der Waals surface area (Å²) in [6.45, 7) is 8.37. The molecule has 5 heteroatoms. The number of carboxylic acids is 1. The first-order valence-corrected chi connectivity index (χ1v) is 13.7. The standard InChI is InChI=1S/C31H51NO4/c1-5-6-7-8-9-10-11-12-13-14-15-16-17-18-19-20-21-24-27-32-28(30(34)35)25-22-23-26-29(33)36-31(2,3)4/h6-7,9-10,12-13,15-16,18-19,28,32H,5,8,11,14,17,20-27H2,1-4H3,(H,34,35)/b7-6-,10-9?,13-12?,16-15-,19-18-. The van der Waals surface area contributed by atoms with Crippen LogP contribution >= 0.6 is 0 Å². The van der Waals surface area contributed by atoms with Crippen molar-refractivity contribution >= 4 is 11.9 Å². The summed E-state index contributed by atoms with van der Waals surface area (Å²) in [5.41, 5.74) is -0.477. The minimum absolute atomic E-state index is 0.225. The highest BCUT2D eigenvalue weighted by atomic mass is 16.6. The molecule has 0 saturated heterocycles. The molecule has 0 aliphatic rings. The SMILES string of the molecule is CC/C=C\CC=CCC=CC/C=C\C/C=C\CCCCNC(CCCCC(=O)OC(C)(C)C)C(=O)O. The number of carbonyl (C=O) groups is 2. The maximum Gasteiger partial charge on any atom is 0.320 e. The van der Waals surface area contributed by atoms with Gasteiger partial charge in [-0.25, -0.2) is 0 Å². The van der Waals surface area contributed by atoms with Crippen LogP contribution in [0.4, 0.5) is 0 Å². The predicted molar refractivity (Wildman–Crippen MR) is 152 cm³/mol. The number of ether oxygens (including phenoxy) is 1. The summed E-state index contributed by atoms with van der Waals surface area (Å²) in [5, 5.41) is 12.5. The molecule has 204 valence electrons. The van der Waals surface area contributed by atoms with E-state index in [0.717, 1.165) is 51.4 Å². The highest BCUT2D eigenvalue weighted by Gasteiger charge is 2.18. The van der Waals surface area contributed by atoms with Crippen molar-refractivity contribution in [3.05, 3.63) is 60.8 Å². The van der Waals surface area contributed by atoms with Crippen LogP contribution in [-0.2, 0) is 14.3 Å². The molecule has 0 rings (SSSR count). The maximum absolute atomic E-state index is 11.7. The van der Waals surface area contributed by atoms with Gasteiger partial charge in [0, 0.05) is 6.42 Å². The van der Waals surface area contributed by atoms with Gasteiger partial charge in [-0.15, -0.1) is 0 Å². The van der Waals surface area contributed by atoms with Gasteiger partial charge in [-0.2, -0.15) is 0 Å². The fraction of sp³-hybridized carbons (Fsp3) is 0.613. The smallest absolute Gasteiger partial charge is 0.320 e. The Bertz CT molecular complexity index is 711. The van der Waals surface area contributed by atoms with Crippen molar-refractivity contribution in [1.82, 2.24) is 5.32 Å². The maximum atomic E-state index is 11.7. The van der Waals surface area contributed by atoms with E-state index in [-0.39, 0.29) is 5.97 Å². The third kappa shape index (κ3) is 24.7. The second-order valence-corrected chi connectivity index (χ2v) is 9.88. The number of unbranched alkanes of at least 4 members (excludes halogenated alkanes) is 3. The number of allylic oxidation sites excluding steroid dienone is 10. The molecule has 0 heterocycles. The second kappa shape index (κ2) is 23.0. The van der Waals surface area contributed by atoms with Crippen molar-refractivity contribution in [3.63, 3.8) is 0 Å². The number of aliphatic carboxylic acids is 1. The molecule has 0 aliphatic heterocycles. The summed E-state index contributed by atoms with van der Waals surface area (Å²) in [5.74, 6) is -1.05. The lowest BCUT2D eigenvalue weighted by molar-refractivity contribution is -0.154. The Kier molecular flexibility index (Phi) is 21.5. The summed E-state index contributed by atoms with van der Waals surface area (Å²) in [6, 6.07) is -0.558. The first kappa shape index (κ1) is 33.6. The molecule has 36 heavy (non-hydrogen) atoms. The largest absolute Gasteiger partial charge is 0.480 e. The normalized spacial score (nSPS) is 13.7. The van der Waals surface area contributed by atoms with E-state index in [0.29, 0.717) is 32.2 Å². The summed E-state index contributed by atoms with van der Waals surface area (Å²) in [7, 11) is 0. The minimum Gasteiger partial charge on any atom is -0.480 e. The molecular weight excluding hydrogens is 450 g/mol. The monoisotopic (exact) mass is 501 g/mol. The Morgan fingerprint density at radius 2 is 1.31 bits per heavy atom. The van der Waals surface area contributed by atoms with Gasteiger partial charge < -0.3 is 15.2 Å². The zero-order chi connectivity index (χ0) is 26.9. The van der Waals surface area contributed by atoms with Crippen LogP contribution in [0.5, 0.6) is 0 Å².